The van der Waals surface area contributed by atoms with Crippen LogP contribution >= 0.6 is 12.2 Å². The minimum atomic E-state index is -0.260. The van der Waals surface area contributed by atoms with Gasteiger partial charge in [-0.15, -0.1) is 0 Å². The second-order valence-corrected chi connectivity index (χ2v) is 5.11. The Hall–Kier alpha value is -2.12. The molecule has 1 aromatic rings. The molecule has 0 spiro atoms. The number of benzene rings is 1. The topological polar surface area (TPSA) is 62.8 Å². The number of ether oxygens (including phenoxy) is 2. The van der Waals surface area contributed by atoms with Crippen molar-refractivity contribution in [3.05, 3.63) is 35.9 Å². The number of thiocarbonyl (C=S) groups is 1. The van der Waals surface area contributed by atoms with Gasteiger partial charge in [0.25, 0.3) is 5.91 Å². The summed E-state index contributed by atoms with van der Waals surface area (Å²) in [6.07, 6.45) is 4.01. The Morgan fingerprint density at radius 2 is 2.00 bits per heavy atom. The van der Waals surface area contributed by atoms with Gasteiger partial charge in [0.15, 0.2) is 5.11 Å². The predicted octanol–water partition coefficient (Wildman–Crippen LogP) is 1.58. The average molecular weight is 337 g/mol. The second-order valence-electron chi connectivity index (χ2n) is 4.72. The summed E-state index contributed by atoms with van der Waals surface area (Å²) in [4.78, 5) is 11.9. The van der Waals surface area contributed by atoms with Crippen molar-refractivity contribution in [2.45, 2.75) is 6.42 Å². The number of carbonyl (C=O) groups is 1. The van der Waals surface area contributed by atoms with Crippen molar-refractivity contribution in [3.8, 4) is 5.75 Å². The smallest absolute Gasteiger partial charge is 0.262 e. The molecular weight excluding hydrogens is 314 g/mol. The summed E-state index contributed by atoms with van der Waals surface area (Å²) in [7, 11) is 4.95. The van der Waals surface area contributed by atoms with E-state index in [4.69, 9.17) is 21.7 Å². The maximum absolute atomic E-state index is 11.9. The van der Waals surface area contributed by atoms with Crippen LogP contribution in [0.15, 0.2) is 30.3 Å². The Morgan fingerprint density at radius 3 is 2.61 bits per heavy atom. The molecule has 0 saturated heterocycles. The van der Waals surface area contributed by atoms with Crippen molar-refractivity contribution in [2.24, 2.45) is 0 Å². The first kappa shape index (κ1) is 18.9. The van der Waals surface area contributed by atoms with Crippen LogP contribution in [0.3, 0.4) is 0 Å². The first-order valence-corrected chi connectivity index (χ1v) is 7.61. The SMILES string of the molecule is COCCCNC(=S)N(C)NC(=O)/C=C/c1ccc(OC)cc1. The van der Waals surface area contributed by atoms with Gasteiger partial charge in [-0.1, -0.05) is 12.1 Å². The van der Waals surface area contributed by atoms with Gasteiger partial charge in [-0.25, -0.2) is 0 Å². The fourth-order valence-corrected chi connectivity index (χ4v) is 1.82. The number of carbonyl (C=O) groups excluding carboxylic acids is 1. The van der Waals surface area contributed by atoms with Gasteiger partial charge in [-0.05, 0) is 42.4 Å². The third kappa shape index (κ3) is 7.62. The summed E-state index contributed by atoms with van der Waals surface area (Å²) < 4.78 is 10.0. The molecule has 0 radical (unpaired) electrons. The quantitative estimate of drug-likeness (QED) is 0.341. The van der Waals surface area contributed by atoms with Gasteiger partial charge in [0.1, 0.15) is 5.75 Å². The van der Waals surface area contributed by atoms with E-state index in [1.165, 1.54) is 11.1 Å². The normalized spacial score (nSPS) is 10.4. The van der Waals surface area contributed by atoms with Crippen molar-refractivity contribution < 1.29 is 14.3 Å². The molecule has 0 aliphatic rings. The molecule has 2 N–H and O–H groups in total. The largest absolute Gasteiger partial charge is 0.497 e. The molecule has 0 aromatic heterocycles. The number of nitrogens with zero attached hydrogens (tertiary/aromatic N) is 1. The van der Waals surface area contributed by atoms with Crippen molar-refractivity contribution in [1.29, 1.82) is 0 Å². The van der Waals surface area contributed by atoms with E-state index in [0.717, 1.165) is 17.7 Å². The molecule has 0 unspecified atom stereocenters. The van der Waals surface area contributed by atoms with E-state index in [1.54, 1.807) is 27.3 Å². The zero-order valence-electron chi connectivity index (χ0n) is 13.7. The molecule has 1 rings (SSSR count). The van der Waals surface area contributed by atoms with Crippen LogP contribution in [0.2, 0.25) is 0 Å². The molecule has 6 nitrogen and oxygen atoms in total. The highest BCUT2D eigenvalue weighted by molar-refractivity contribution is 7.80. The summed E-state index contributed by atoms with van der Waals surface area (Å²) >= 11 is 5.17. The highest BCUT2D eigenvalue weighted by Crippen LogP contribution is 2.12. The van der Waals surface area contributed by atoms with Crippen LogP contribution in [0, 0.1) is 0 Å². The minimum Gasteiger partial charge on any atom is -0.497 e. The van der Waals surface area contributed by atoms with Gasteiger partial charge in [0.05, 0.1) is 7.11 Å². The van der Waals surface area contributed by atoms with Crippen molar-refractivity contribution in [2.75, 3.05) is 34.4 Å². The lowest BCUT2D eigenvalue weighted by atomic mass is 10.2. The fourth-order valence-electron chi connectivity index (χ4n) is 1.67. The standard InChI is InChI=1S/C16H23N3O3S/c1-19(16(23)17-11-4-12-21-2)18-15(20)10-7-13-5-8-14(22-3)9-6-13/h5-10H,4,11-12H2,1-3H3,(H,17,23)(H,18,20)/b10-7+. The number of methoxy groups -OCH3 is 2. The summed E-state index contributed by atoms with van der Waals surface area (Å²) in [5.74, 6) is 0.514. The summed E-state index contributed by atoms with van der Waals surface area (Å²) in [6, 6.07) is 7.41. The van der Waals surface area contributed by atoms with E-state index in [9.17, 15) is 4.79 Å². The third-order valence-electron chi connectivity index (χ3n) is 2.93. The Bertz CT molecular complexity index is 532. The summed E-state index contributed by atoms with van der Waals surface area (Å²) in [6.45, 7) is 1.35. The predicted molar refractivity (Wildman–Crippen MR) is 95.0 cm³/mol. The molecule has 0 saturated carbocycles. The van der Waals surface area contributed by atoms with Crippen LogP contribution in [0.5, 0.6) is 5.75 Å². The first-order chi connectivity index (χ1) is 11.1. The molecule has 0 heterocycles. The van der Waals surface area contributed by atoms with Crippen LogP contribution in [-0.2, 0) is 9.53 Å². The molecule has 7 heteroatoms. The van der Waals surface area contributed by atoms with Crippen molar-refractivity contribution >= 4 is 29.3 Å². The van der Waals surface area contributed by atoms with E-state index < -0.39 is 0 Å². The summed E-state index contributed by atoms with van der Waals surface area (Å²) in [5.41, 5.74) is 3.57. The number of hydrazine groups is 1. The van der Waals surface area contributed by atoms with E-state index in [2.05, 4.69) is 10.7 Å². The average Bonchev–Trinajstić information content (AvgIpc) is 2.57. The lowest BCUT2D eigenvalue weighted by molar-refractivity contribution is -0.119. The van der Waals surface area contributed by atoms with Crippen LogP contribution < -0.4 is 15.5 Å². The molecule has 0 aliphatic heterocycles. The molecular formula is C16H23N3O3S. The highest BCUT2D eigenvalue weighted by atomic mass is 32.1. The monoisotopic (exact) mass is 337 g/mol. The maximum Gasteiger partial charge on any atom is 0.262 e. The molecule has 0 bridgehead atoms. The molecule has 126 valence electrons. The zero-order chi connectivity index (χ0) is 17.1. The minimum absolute atomic E-state index is 0.260. The van der Waals surface area contributed by atoms with Crippen LogP contribution in [0.4, 0.5) is 0 Å². The lowest BCUT2D eigenvalue weighted by Gasteiger charge is -2.20. The lowest BCUT2D eigenvalue weighted by Crippen LogP contribution is -2.47. The van der Waals surface area contributed by atoms with Crippen LogP contribution in [0.1, 0.15) is 12.0 Å². The number of rotatable bonds is 7. The van der Waals surface area contributed by atoms with E-state index in [0.29, 0.717) is 18.3 Å². The Morgan fingerprint density at radius 1 is 1.30 bits per heavy atom. The maximum atomic E-state index is 11.9. The number of amides is 1. The molecule has 23 heavy (non-hydrogen) atoms. The second kappa shape index (κ2) is 10.6. The molecule has 0 fully saturated rings. The Kier molecular flexibility index (Phi) is 8.71. The first-order valence-electron chi connectivity index (χ1n) is 7.20. The van der Waals surface area contributed by atoms with Gasteiger partial charge >= 0.3 is 0 Å². The van der Waals surface area contributed by atoms with Crippen molar-refractivity contribution in [1.82, 2.24) is 15.8 Å². The Balaban J connectivity index is 2.39. The Labute approximate surface area is 142 Å². The molecule has 1 amide bonds. The molecule has 1 aromatic carbocycles. The number of hydrogen-bond acceptors (Lipinski definition) is 4. The van der Waals surface area contributed by atoms with Crippen LogP contribution in [0.25, 0.3) is 6.08 Å². The fraction of sp³-hybridized carbons (Fsp3) is 0.375. The molecule has 0 atom stereocenters. The number of hydrogen-bond donors (Lipinski definition) is 2. The number of nitrogens with one attached hydrogen (secondary N) is 2. The van der Waals surface area contributed by atoms with Gasteiger partial charge in [-0.2, -0.15) is 0 Å². The van der Waals surface area contributed by atoms with Gasteiger partial charge < -0.3 is 14.8 Å². The third-order valence-corrected chi connectivity index (χ3v) is 3.35. The van der Waals surface area contributed by atoms with E-state index >= 15 is 0 Å². The van der Waals surface area contributed by atoms with E-state index in [-0.39, 0.29) is 5.91 Å². The highest BCUT2D eigenvalue weighted by Gasteiger charge is 2.05. The van der Waals surface area contributed by atoms with Gasteiger partial charge in [0.2, 0.25) is 0 Å². The van der Waals surface area contributed by atoms with E-state index in [1.807, 2.05) is 24.3 Å². The van der Waals surface area contributed by atoms with Crippen LogP contribution in [-0.4, -0.2) is 50.4 Å². The molecule has 0 aliphatic carbocycles. The van der Waals surface area contributed by atoms with Gasteiger partial charge in [-0.3, -0.25) is 15.2 Å². The summed E-state index contributed by atoms with van der Waals surface area (Å²) in [5, 5.41) is 4.96. The van der Waals surface area contributed by atoms with Crippen molar-refractivity contribution in [3.63, 3.8) is 0 Å². The zero-order valence-corrected chi connectivity index (χ0v) is 14.5. The van der Waals surface area contributed by atoms with Gasteiger partial charge in [0, 0.05) is 33.4 Å².